The van der Waals surface area contributed by atoms with E-state index in [-0.39, 0.29) is 5.41 Å². The van der Waals surface area contributed by atoms with Crippen LogP contribution in [0.1, 0.15) is 46.7 Å². The minimum absolute atomic E-state index is 0.0872. The second kappa shape index (κ2) is 5.99. The van der Waals surface area contributed by atoms with E-state index in [1.54, 1.807) is 6.20 Å². The average molecular weight is 265 g/mol. The highest BCUT2D eigenvalue weighted by molar-refractivity contribution is 5.76. The quantitative estimate of drug-likeness (QED) is 0.856. The number of nitrogens with one attached hydrogen (secondary N) is 1. The van der Waals surface area contributed by atoms with Crippen LogP contribution in [0.25, 0.3) is 0 Å². The SMILES string of the molecule is CC(C)CC(Nc1nccc(C(C)(C)C)n1)C(=O)O. The van der Waals surface area contributed by atoms with Crippen LogP contribution in [-0.4, -0.2) is 27.1 Å². The summed E-state index contributed by atoms with van der Waals surface area (Å²) in [6.45, 7) is 10.2. The maximum Gasteiger partial charge on any atom is 0.326 e. The molecule has 0 aliphatic carbocycles. The van der Waals surface area contributed by atoms with Crippen molar-refractivity contribution in [3.8, 4) is 0 Å². The summed E-state index contributed by atoms with van der Waals surface area (Å²) in [5.74, 6) is -0.210. The van der Waals surface area contributed by atoms with Crippen molar-refractivity contribution in [2.45, 2.75) is 52.5 Å². The highest BCUT2D eigenvalue weighted by Gasteiger charge is 2.21. The highest BCUT2D eigenvalue weighted by atomic mass is 16.4. The van der Waals surface area contributed by atoms with Gasteiger partial charge < -0.3 is 10.4 Å². The van der Waals surface area contributed by atoms with Gasteiger partial charge in [0.25, 0.3) is 0 Å². The van der Waals surface area contributed by atoms with E-state index in [0.717, 1.165) is 5.69 Å². The third kappa shape index (κ3) is 4.85. The normalized spacial score (nSPS) is 13.4. The lowest BCUT2D eigenvalue weighted by Crippen LogP contribution is -2.31. The van der Waals surface area contributed by atoms with E-state index < -0.39 is 12.0 Å². The van der Waals surface area contributed by atoms with Gasteiger partial charge in [0.15, 0.2) is 0 Å². The Morgan fingerprint density at radius 1 is 1.42 bits per heavy atom. The summed E-state index contributed by atoms with van der Waals surface area (Å²) in [5, 5.41) is 12.1. The molecule has 2 N–H and O–H groups in total. The minimum atomic E-state index is -0.876. The lowest BCUT2D eigenvalue weighted by Gasteiger charge is -2.20. The van der Waals surface area contributed by atoms with E-state index in [2.05, 4.69) is 36.1 Å². The van der Waals surface area contributed by atoms with Gasteiger partial charge in [0, 0.05) is 11.6 Å². The lowest BCUT2D eigenvalue weighted by atomic mass is 9.92. The second-order valence-electron chi connectivity index (χ2n) is 6.18. The fourth-order valence-electron chi connectivity index (χ4n) is 1.69. The Labute approximate surface area is 114 Å². The van der Waals surface area contributed by atoms with Crippen molar-refractivity contribution in [1.29, 1.82) is 0 Å². The fourth-order valence-corrected chi connectivity index (χ4v) is 1.69. The molecule has 5 heteroatoms. The number of nitrogens with zero attached hydrogens (tertiary/aromatic N) is 2. The van der Waals surface area contributed by atoms with Gasteiger partial charge in [-0.3, -0.25) is 0 Å². The maximum absolute atomic E-state index is 11.2. The zero-order valence-corrected chi connectivity index (χ0v) is 12.3. The zero-order chi connectivity index (χ0) is 14.6. The molecule has 1 atom stereocenters. The predicted octanol–water partition coefficient (Wildman–Crippen LogP) is 2.69. The number of anilines is 1. The summed E-state index contributed by atoms with van der Waals surface area (Å²) >= 11 is 0. The number of carbonyl (C=O) groups is 1. The zero-order valence-electron chi connectivity index (χ0n) is 12.3. The molecule has 19 heavy (non-hydrogen) atoms. The number of hydrogen-bond acceptors (Lipinski definition) is 4. The molecular formula is C14H23N3O2. The van der Waals surface area contributed by atoms with Gasteiger partial charge in [-0.1, -0.05) is 34.6 Å². The van der Waals surface area contributed by atoms with Gasteiger partial charge in [0.05, 0.1) is 5.69 Å². The minimum Gasteiger partial charge on any atom is -0.480 e. The van der Waals surface area contributed by atoms with Crippen LogP contribution >= 0.6 is 0 Å². The van der Waals surface area contributed by atoms with Gasteiger partial charge in [-0.2, -0.15) is 0 Å². The van der Waals surface area contributed by atoms with E-state index >= 15 is 0 Å². The van der Waals surface area contributed by atoms with Gasteiger partial charge in [-0.05, 0) is 18.4 Å². The Bertz CT molecular complexity index is 439. The molecule has 1 unspecified atom stereocenters. The molecular weight excluding hydrogens is 242 g/mol. The number of aliphatic carboxylic acids is 1. The summed E-state index contributed by atoms with van der Waals surface area (Å²) in [7, 11) is 0. The predicted molar refractivity (Wildman–Crippen MR) is 75.2 cm³/mol. The van der Waals surface area contributed by atoms with Crippen LogP contribution in [0.4, 0.5) is 5.95 Å². The molecule has 1 aromatic rings. The third-order valence-electron chi connectivity index (χ3n) is 2.73. The maximum atomic E-state index is 11.2. The van der Waals surface area contributed by atoms with Crippen molar-refractivity contribution in [2.75, 3.05) is 5.32 Å². The van der Waals surface area contributed by atoms with Gasteiger partial charge in [0.1, 0.15) is 6.04 Å². The van der Waals surface area contributed by atoms with E-state index in [9.17, 15) is 9.90 Å². The van der Waals surface area contributed by atoms with Crippen LogP contribution in [0.15, 0.2) is 12.3 Å². The molecule has 0 saturated carbocycles. The van der Waals surface area contributed by atoms with E-state index in [1.807, 2.05) is 19.9 Å². The van der Waals surface area contributed by atoms with E-state index in [4.69, 9.17) is 0 Å². The Kier molecular flexibility index (Phi) is 4.86. The first-order valence-corrected chi connectivity index (χ1v) is 6.53. The molecule has 0 saturated heterocycles. The molecule has 1 rings (SSSR count). The molecule has 1 heterocycles. The second-order valence-corrected chi connectivity index (χ2v) is 6.18. The standard InChI is InChI=1S/C14H23N3O2/c1-9(2)8-10(12(18)19)16-13-15-7-6-11(17-13)14(3,4)5/h6-7,9-10H,8H2,1-5H3,(H,18,19)(H,15,16,17). The fraction of sp³-hybridized carbons (Fsp3) is 0.643. The van der Waals surface area contributed by atoms with Crippen LogP contribution < -0.4 is 5.32 Å². The van der Waals surface area contributed by atoms with Gasteiger partial charge in [-0.25, -0.2) is 14.8 Å². The first kappa shape index (κ1) is 15.4. The number of carboxylic acids is 1. The number of hydrogen-bond donors (Lipinski definition) is 2. The molecule has 0 aliphatic heterocycles. The third-order valence-corrected chi connectivity index (χ3v) is 2.73. The monoisotopic (exact) mass is 265 g/mol. The Morgan fingerprint density at radius 2 is 2.05 bits per heavy atom. The highest BCUT2D eigenvalue weighted by Crippen LogP contribution is 2.20. The first-order chi connectivity index (χ1) is 8.70. The smallest absolute Gasteiger partial charge is 0.326 e. The van der Waals surface area contributed by atoms with Crippen LogP contribution in [0.5, 0.6) is 0 Å². The Hall–Kier alpha value is -1.65. The van der Waals surface area contributed by atoms with Gasteiger partial charge in [0.2, 0.25) is 5.95 Å². The molecule has 0 fully saturated rings. The summed E-state index contributed by atoms with van der Waals surface area (Å²) in [4.78, 5) is 19.7. The van der Waals surface area contributed by atoms with Crippen LogP contribution in [0.3, 0.4) is 0 Å². The van der Waals surface area contributed by atoms with Crippen LogP contribution in [-0.2, 0) is 10.2 Å². The van der Waals surface area contributed by atoms with Crippen molar-refractivity contribution in [2.24, 2.45) is 5.92 Å². The van der Waals surface area contributed by atoms with Crippen molar-refractivity contribution in [1.82, 2.24) is 9.97 Å². The lowest BCUT2D eigenvalue weighted by molar-refractivity contribution is -0.138. The molecule has 0 bridgehead atoms. The Balaban J connectivity index is 2.88. The van der Waals surface area contributed by atoms with Crippen LogP contribution in [0, 0.1) is 5.92 Å². The van der Waals surface area contributed by atoms with E-state index in [1.165, 1.54) is 0 Å². The first-order valence-electron chi connectivity index (χ1n) is 6.53. The molecule has 1 aromatic heterocycles. The summed E-state index contributed by atoms with van der Waals surface area (Å²) in [5.41, 5.74) is 0.801. The molecule has 0 aromatic carbocycles. The largest absolute Gasteiger partial charge is 0.480 e. The average Bonchev–Trinajstić information content (AvgIpc) is 2.26. The van der Waals surface area contributed by atoms with E-state index in [0.29, 0.717) is 18.3 Å². The van der Waals surface area contributed by atoms with Gasteiger partial charge in [-0.15, -0.1) is 0 Å². The Morgan fingerprint density at radius 3 is 2.53 bits per heavy atom. The van der Waals surface area contributed by atoms with Crippen molar-refractivity contribution in [3.05, 3.63) is 18.0 Å². The van der Waals surface area contributed by atoms with Crippen molar-refractivity contribution in [3.63, 3.8) is 0 Å². The van der Waals surface area contributed by atoms with Crippen LogP contribution in [0.2, 0.25) is 0 Å². The summed E-state index contributed by atoms with van der Waals surface area (Å²) < 4.78 is 0. The summed E-state index contributed by atoms with van der Waals surface area (Å²) in [6.07, 6.45) is 2.20. The molecule has 0 spiro atoms. The summed E-state index contributed by atoms with van der Waals surface area (Å²) in [6, 6.07) is 1.19. The van der Waals surface area contributed by atoms with Gasteiger partial charge >= 0.3 is 5.97 Å². The molecule has 5 nitrogen and oxygen atoms in total. The molecule has 0 aliphatic rings. The number of carboxylic acid groups (broad SMARTS) is 1. The van der Waals surface area contributed by atoms with Crippen molar-refractivity contribution >= 4 is 11.9 Å². The number of rotatable bonds is 5. The topological polar surface area (TPSA) is 75.1 Å². The molecule has 0 radical (unpaired) electrons. The molecule has 106 valence electrons. The number of aromatic nitrogens is 2. The van der Waals surface area contributed by atoms with Crippen molar-refractivity contribution < 1.29 is 9.90 Å². The molecule has 0 amide bonds.